The molecule has 1 unspecified atom stereocenters. The number of rotatable bonds is 3. The average molecular weight is 157 g/mol. The third-order valence-corrected chi connectivity index (χ3v) is 2.20. The lowest BCUT2D eigenvalue weighted by Gasteiger charge is -2.04. The molecule has 1 atom stereocenters. The summed E-state index contributed by atoms with van der Waals surface area (Å²) in [5.41, 5.74) is 0. The molecule has 0 aliphatic rings. The van der Waals surface area contributed by atoms with Gasteiger partial charge < -0.3 is 4.84 Å². The highest BCUT2D eigenvalue weighted by Gasteiger charge is 2.01. The van der Waals surface area contributed by atoms with E-state index in [1.54, 1.807) is 11.3 Å². The third-order valence-electron chi connectivity index (χ3n) is 1.30. The van der Waals surface area contributed by atoms with Gasteiger partial charge in [0.2, 0.25) is 0 Å². The van der Waals surface area contributed by atoms with Gasteiger partial charge in [0.05, 0.1) is 6.10 Å². The van der Waals surface area contributed by atoms with E-state index >= 15 is 0 Å². The molecule has 2 nitrogen and oxygen atoms in total. The van der Waals surface area contributed by atoms with Crippen LogP contribution in [0.5, 0.6) is 0 Å². The van der Waals surface area contributed by atoms with Crippen LogP contribution in [0.3, 0.4) is 0 Å². The SMILES string of the molecule is CC(Cc1cccs1)ON. The summed E-state index contributed by atoms with van der Waals surface area (Å²) in [5.74, 6) is 4.99. The standard InChI is InChI=1S/C7H11NOS/c1-6(9-8)5-7-3-2-4-10-7/h2-4,6H,5,8H2,1H3. The highest BCUT2D eigenvalue weighted by molar-refractivity contribution is 7.09. The van der Waals surface area contributed by atoms with E-state index in [9.17, 15) is 0 Å². The van der Waals surface area contributed by atoms with Crippen molar-refractivity contribution in [3.8, 4) is 0 Å². The predicted octanol–water partition coefficient (Wildman–Crippen LogP) is 1.57. The Labute approximate surface area is 64.6 Å². The number of thiophene rings is 1. The van der Waals surface area contributed by atoms with E-state index in [2.05, 4.69) is 16.3 Å². The van der Waals surface area contributed by atoms with E-state index in [4.69, 9.17) is 5.90 Å². The Morgan fingerprint density at radius 3 is 3.10 bits per heavy atom. The molecule has 0 aromatic carbocycles. The fraction of sp³-hybridized carbons (Fsp3) is 0.429. The second kappa shape index (κ2) is 3.71. The van der Waals surface area contributed by atoms with Crippen LogP contribution < -0.4 is 5.90 Å². The Hall–Kier alpha value is -0.380. The molecule has 1 rings (SSSR count). The molecule has 0 aliphatic heterocycles. The maximum atomic E-state index is 4.99. The summed E-state index contributed by atoms with van der Waals surface area (Å²) in [6.45, 7) is 1.96. The summed E-state index contributed by atoms with van der Waals surface area (Å²) in [5, 5.41) is 2.05. The second-order valence-electron chi connectivity index (χ2n) is 2.23. The second-order valence-corrected chi connectivity index (χ2v) is 3.26. The molecule has 0 amide bonds. The van der Waals surface area contributed by atoms with Gasteiger partial charge in [-0.2, -0.15) is 0 Å². The largest absolute Gasteiger partial charge is 0.301 e. The van der Waals surface area contributed by atoms with Crippen LogP contribution in [0, 0.1) is 0 Å². The molecule has 2 N–H and O–H groups in total. The van der Waals surface area contributed by atoms with E-state index in [-0.39, 0.29) is 6.10 Å². The van der Waals surface area contributed by atoms with Crippen molar-refractivity contribution in [2.75, 3.05) is 0 Å². The number of hydrogen-bond acceptors (Lipinski definition) is 3. The third kappa shape index (κ3) is 2.10. The fourth-order valence-corrected chi connectivity index (χ4v) is 1.58. The maximum Gasteiger partial charge on any atom is 0.0807 e. The smallest absolute Gasteiger partial charge is 0.0807 e. The van der Waals surface area contributed by atoms with Crippen LogP contribution in [0.25, 0.3) is 0 Å². The summed E-state index contributed by atoms with van der Waals surface area (Å²) in [4.78, 5) is 5.95. The predicted molar refractivity (Wildman–Crippen MR) is 42.8 cm³/mol. The van der Waals surface area contributed by atoms with Crippen molar-refractivity contribution >= 4 is 11.3 Å². The summed E-state index contributed by atoms with van der Waals surface area (Å²) in [6.07, 6.45) is 1.03. The fourth-order valence-electron chi connectivity index (χ4n) is 0.760. The molecule has 0 saturated heterocycles. The molecule has 0 radical (unpaired) electrons. The highest BCUT2D eigenvalue weighted by Crippen LogP contribution is 2.11. The first-order chi connectivity index (χ1) is 4.83. The van der Waals surface area contributed by atoms with Gasteiger partial charge in [-0.05, 0) is 18.4 Å². The van der Waals surface area contributed by atoms with Gasteiger partial charge in [-0.25, -0.2) is 5.90 Å². The van der Waals surface area contributed by atoms with Crippen LogP contribution in [0.1, 0.15) is 11.8 Å². The van der Waals surface area contributed by atoms with Gasteiger partial charge >= 0.3 is 0 Å². The van der Waals surface area contributed by atoms with Crippen LogP contribution in [0.2, 0.25) is 0 Å². The van der Waals surface area contributed by atoms with Crippen molar-refractivity contribution in [2.45, 2.75) is 19.4 Å². The van der Waals surface area contributed by atoms with Crippen molar-refractivity contribution in [2.24, 2.45) is 5.90 Å². The lowest BCUT2D eigenvalue weighted by Crippen LogP contribution is -2.14. The molecule has 0 spiro atoms. The zero-order chi connectivity index (χ0) is 7.40. The Morgan fingerprint density at radius 1 is 1.80 bits per heavy atom. The van der Waals surface area contributed by atoms with Crippen molar-refractivity contribution in [3.05, 3.63) is 22.4 Å². The van der Waals surface area contributed by atoms with Crippen LogP contribution in [0.4, 0.5) is 0 Å². The molecule has 1 aromatic heterocycles. The van der Waals surface area contributed by atoms with E-state index in [1.165, 1.54) is 4.88 Å². The Bertz CT molecular complexity index is 174. The number of nitrogens with two attached hydrogens (primary N) is 1. The molecular formula is C7H11NOS. The van der Waals surface area contributed by atoms with Crippen molar-refractivity contribution < 1.29 is 4.84 Å². The Balaban J connectivity index is 2.40. The van der Waals surface area contributed by atoms with Crippen LogP contribution >= 0.6 is 11.3 Å². The Kier molecular flexibility index (Phi) is 2.86. The molecule has 0 saturated carbocycles. The van der Waals surface area contributed by atoms with E-state index in [1.807, 2.05) is 13.0 Å². The van der Waals surface area contributed by atoms with Gasteiger partial charge in [-0.1, -0.05) is 6.07 Å². The van der Waals surface area contributed by atoms with Crippen molar-refractivity contribution in [1.82, 2.24) is 0 Å². The molecule has 10 heavy (non-hydrogen) atoms. The molecule has 1 heterocycles. The van der Waals surface area contributed by atoms with Crippen LogP contribution in [-0.4, -0.2) is 6.10 Å². The lowest BCUT2D eigenvalue weighted by atomic mass is 10.2. The van der Waals surface area contributed by atoms with Gasteiger partial charge in [0, 0.05) is 11.3 Å². The molecule has 0 aliphatic carbocycles. The summed E-state index contributed by atoms with van der Waals surface area (Å²) < 4.78 is 0. The maximum absolute atomic E-state index is 4.99. The van der Waals surface area contributed by atoms with E-state index < -0.39 is 0 Å². The van der Waals surface area contributed by atoms with Gasteiger partial charge in [-0.15, -0.1) is 11.3 Å². The first kappa shape index (κ1) is 7.72. The molecule has 0 fully saturated rings. The first-order valence-electron chi connectivity index (χ1n) is 3.21. The lowest BCUT2D eigenvalue weighted by molar-refractivity contribution is 0.0676. The minimum Gasteiger partial charge on any atom is -0.301 e. The quantitative estimate of drug-likeness (QED) is 0.676. The monoisotopic (exact) mass is 157 g/mol. The topological polar surface area (TPSA) is 35.2 Å². The first-order valence-corrected chi connectivity index (χ1v) is 4.09. The van der Waals surface area contributed by atoms with Gasteiger partial charge in [-0.3, -0.25) is 0 Å². The summed E-state index contributed by atoms with van der Waals surface area (Å²) in [6, 6.07) is 4.11. The molecule has 0 bridgehead atoms. The van der Waals surface area contributed by atoms with Crippen LogP contribution in [-0.2, 0) is 11.3 Å². The molecule has 1 aromatic rings. The molecule has 3 heteroatoms. The highest BCUT2D eigenvalue weighted by atomic mass is 32.1. The van der Waals surface area contributed by atoms with Gasteiger partial charge in [0.1, 0.15) is 0 Å². The van der Waals surface area contributed by atoms with Crippen molar-refractivity contribution in [3.63, 3.8) is 0 Å². The molecule has 56 valence electrons. The van der Waals surface area contributed by atoms with Gasteiger partial charge in [0.25, 0.3) is 0 Å². The zero-order valence-corrected chi connectivity index (χ0v) is 6.73. The normalized spacial score (nSPS) is 13.4. The minimum absolute atomic E-state index is 0.124. The van der Waals surface area contributed by atoms with E-state index in [0.29, 0.717) is 0 Å². The number of hydrogen-bond donors (Lipinski definition) is 1. The van der Waals surface area contributed by atoms with Crippen molar-refractivity contribution in [1.29, 1.82) is 0 Å². The van der Waals surface area contributed by atoms with Gasteiger partial charge in [0.15, 0.2) is 0 Å². The minimum atomic E-state index is 0.124. The van der Waals surface area contributed by atoms with E-state index in [0.717, 1.165) is 6.42 Å². The molecular weight excluding hydrogens is 146 g/mol. The summed E-state index contributed by atoms with van der Waals surface area (Å²) >= 11 is 1.73. The average Bonchev–Trinajstić information content (AvgIpc) is 2.40. The Morgan fingerprint density at radius 2 is 2.60 bits per heavy atom. The zero-order valence-electron chi connectivity index (χ0n) is 5.91. The summed E-state index contributed by atoms with van der Waals surface area (Å²) in [7, 11) is 0. The van der Waals surface area contributed by atoms with Crippen LogP contribution in [0.15, 0.2) is 17.5 Å².